The Kier molecular flexibility index (Phi) is 5.75. The Morgan fingerprint density at radius 1 is 1.22 bits per heavy atom. The smallest absolute Gasteiger partial charge is 0.214 e. The standard InChI is InChI=1S/C19H27FN6O/c1-2-24-9-11-25(12-10-24)18(15-5-7-16(20)8-6-15)19-21-22-23-26(19)14-17-4-3-13-27-17/h5-8,17-18H,2-4,9-14H2,1H3/p+2/t17-,18-/m0/s1. The maximum Gasteiger partial charge on any atom is 0.214 e. The van der Waals surface area contributed by atoms with Gasteiger partial charge < -0.3 is 14.5 Å². The maximum atomic E-state index is 13.5. The van der Waals surface area contributed by atoms with Gasteiger partial charge in [0.1, 0.15) is 32.0 Å². The molecule has 7 nitrogen and oxygen atoms in total. The third-order valence-corrected chi connectivity index (χ3v) is 5.93. The third kappa shape index (κ3) is 4.17. The van der Waals surface area contributed by atoms with Gasteiger partial charge in [0, 0.05) is 12.2 Å². The van der Waals surface area contributed by atoms with Crippen LogP contribution in [0.25, 0.3) is 0 Å². The molecule has 27 heavy (non-hydrogen) atoms. The molecule has 8 heteroatoms. The molecular formula is C19H29FN6O+2. The van der Waals surface area contributed by atoms with E-state index in [9.17, 15) is 4.39 Å². The third-order valence-electron chi connectivity index (χ3n) is 5.93. The summed E-state index contributed by atoms with van der Waals surface area (Å²) in [5.74, 6) is 0.638. The van der Waals surface area contributed by atoms with Gasteiger partial charge in [-0.15, -0.1) is 5.10 Å². The molecule has 4 rings (SSSR count). The van der Waals surface area contributed by atoms with Crippen LogP contribution in [0.15, 0.2) is 24.3 Å². The Labute approximate surface area is 159 Å². The lowest BCUT2D eigenvalue weighted by atomic mass is 10.0. The summed E-state index contributed by atoms with van der Waals surface area (Å²) in [7, 11) is 0. The second-order valence-electron chi connectivity index (χ2n) is 7.60. The van der Waals surface area contributed by atoms with Crippen LogP contribution in [-0.4, -0.2) is 65.6 Å². The van der Waals surface area contributed by atoms with Crippen LogP contribution in [0, 0.1) is 5.82 Å². The minimum Gasteiger partial charge on any atom is -0.376 e. The maximum absolute atomic E-state index is 13.5. The van der Waals surface area contributed by atoms with Crippen molar-refractivity contribution in [1.82, 2.24) is 20.2 Å². The molecule has 0 saturated carbocycles. The van der Waals surface area contributed by atoms with Crippen molar-refractivity contribution >= 4 is 0 Å². The Hall–Kier alpha value is -1.90. The molecule has 2 N–H and O–H groups in total. The average Bonchev–Trinajstić information content (AvgIpc) is 3.37. The first-order valence-electron chi connectivity index (χ1n) is 10.1. The molecule has 2 saturated heterocycles. The van der Waals surface area contributed by atoms with Crippen LogP contribution in [0.4, 0.5) is 4.39 Å². The van der Waals surface area contributed by atoms with Gasteiger partial charge in [-0.05, 0) is 54.5 Å². The number of nitrogens with zero attached hydrogens (tertiary/aromatic N) is 4. The number of quaternary nitrogens is 2. The number of rotatable bonds is 6. The van der Waals surface area contributed by atoms with Gasteiger partial charge in [-0.2, -0.15) is 0 Å². The molecule has 2 atom stereocenters. The van der Waals surface area contributed by atoms with E-state index in [4.69, 9.17) is 4.74 Å². The lowest BCUT2D eigenvalue weighted by Crippen LogP contribution is -3.28. The molecule has 2 aromatic rings. The lowest BCUT2D eigenvalue weighted by Gasteiger charge is -2.34. The molecule has 2 aliphatic heterocycles. The van der Waals surface area contributed by atoms with Gasteiger partial charge >= 0.3 is 0 Å². The summed E-state index contributed by atoms with van der Waals surface area (Å²) in [5, 5.41) is 12.6. The Bertz CT molecular complexity index is 722. The molecule has 146 valence electrons. The van der Waals surface area contributed by atoms with Crippen LogP contribution >= 0.6 is 0 Å². The van der Waals surface area contributed by atoms with Crippen molar-refractivity contribution in [3.05, 3.63) is 41.5 Å². The predicted molar refractivity (Wildman–Crippen MR) is 97.0 cm³/mol. The summed E-state index contributed by atoms with van der Waals surface area (Å²) in [5.41, 5.74) is 1.06. The molecule has 3 heterocycles. The van der Waals surface area contributed by atoms with Gasteiger partial charge in [0.15, 0.2) is 6.04 Å². The first-order valence-corrected chi connectivity index (χ1v) is 10.1. The zero-order valence-electron chi connectivity index (χ0n) is 15.9. The molecule has 0 spiro atoms. The fourth-order valence-electron chi connectivity index (χ4n) is 4.32. The van der Waals surface area contributed by atoms with E-state index < -0.39 is 0 Å². The first-order chi connectivity index (χ1) is 13.2. The zero-order chi connectivity index (χ0) is 18.6. The van der Waals surface area contributed by atoms with Gasteiger partial charge in [-0.25, -0.2) is 9.07 Å². The Balaban J connectivity index is 1.62. The van der Waals surface area contributed by atoms with Crippen LogP contribution in [0.5, 0.6) is 0 Å². The van der Waals surface area contributed by atoms with E-state index >= 15 is 0 Å². The van der Waals surface area contributed by atoms with E-state index in [1.165, 1.54) is 17.0 Å². The average molecular weight is 376 g/mol. The van der Waals surface area contributed by atoms with Crippen molar-refractivity contribution in [2.45, 2.75) is 38.5 Å². The largest absolute Gasteiger partial charge is 0.376 e. The van der Waals surface area contributed by atoms with Crippen LogP contribution in [0.1, 0.15) is 37.2 Å². The molecule has 2 aliphatic rings. The van der Waals surface area contributed by atoms with E-state index in [0.717, 1.165) is 63.6 Å². The van der Waals surface area contributed by atoms with Gasteiger partial charge in [-0.1, -0.05) is 0 Å². The highest BCUT2D eigenvalue weighted by Crippen LogP contribution is 2.20. The number of halogens is 1. The predicted octanol–water partition coefficient (Wildman–Crippen LogP) is -1.12. The second-order valence-corrected chi connectivity index (χ2v) is 7.60. The van der Waals surface area contributed by atoms with Crippen LogP contribution in [0.2, 0.25) is 0 Å². The van der Waals surface area contributed by atoms with Crippen LogP contribution < -0.4 is 9.80 Å². The van der Waals surface area contributed by atoms with E-state index in [-0.39, 0.29) is 18.0 Å². The number of nitrogens with one attached hydrogen (secondary N) is 2. The molecule has 0 amide bonds. The number of benzene rings is 1. The Morgan fingerprint density at radius 3 is 2.67 bits per heavy atom. The monoisotopic (exact) mass is 376 g/mol. The second kappa shape index (κ2) is 8.41. The minimum atomic E-state index is -0.216. The fourth-order valence-corrected chi connectivity index (χ4v) is 4.32. The summed E-state index contributed by atoms with van der Waals surface area (Å²) in [6, 6.07) is 6.82. The molecule has 1 aromatic carbocycles. The van der Waals surface area contributed by atoms with Crippen molar-refractivity contribution in [2.75, 3.05) is 39.3 Å². The number of tetrazole rings is 1. The summed E-state index contributed by atoms with van der Waals surface area (Å²) < 4.78 is 21.2. The van der Waals surface area contributed by atoms with E-state index in [1.54, 1.807) is 4.90 Å². The molecule has 0 unspecified atom stereocenters. The van der Waals surface area contributed by atoms with Gasteiger partial charge in [0.25, 0.3) is 0 Å². The zero-order valence-corrected chi connectivity index (χ0v) is 15.9. The van der Waals surface area contributed by atoms with Crippen molar-refractivity contribution < 1.29 is 18.9 Å². The number of hydrogen-bond acceptors (Lipinski definition) is 4. The van der Waals surface area contributed by atoms with Crippen molar-refractivity contribution in [3.8, 4) is 0 Å². The van der Waals surface area contributed by atoms with Crippen molar-refractivity contribution in [2.24, 2.45) is 0 Å². The van der Waals surface area contributed by atoms with Gasteiger partial charge in [-0.3, -0.25) is 0 Å². The molecule has 0 bridgehead atoms. The number of hydrogen-bond donors (Lipinski definition) is 2. The van der Waals surface area contributed by atoms with Gasteiger partial charge in [0.05, 0.1) is 19.2 Å². The number of likely N-dealkylation sites (N-methyl/N-ethyl adjacent to an activating group) is 1. The molecule has 2 fully saturated rings. The van der Waals surface area contributed by atoms with E-state index in [1.807, 2.05) is 16.8 Å². The van der Waals surface area contributed by atoms with E-state index in [2.05, 4.69) is 22.4 Å². The lowest BCUT2D eigenvalue weighted by molar-refractivity contribution is -1.02. The highest BCUT2D eigenvalue weighted by molar-refractivity contribution is 5.23. The number of piperazine rings is 1. The van der Waals surface area contributed by atoms with Crippen molar-refractivity contribution in [1.29, 1.82) is 0 Å². The quantitative estimate of drug-likeness (QED) is 0.671. The summed E-state index contributed by atoms with van der Waals surface area (Å²) in [4.78, 5) is 3.08. The fraction of sp³-hybridized carbons (Fsp3) is 0.632. The highest BCUT2D eigenvalue weighted by Gasteiger charge is 2.35. The van der Waals surface area contributed by atoms with Crippen LogP contribution in [-0.2, 0) is 11.3 Å². The van der Waals surface area contributed by atoms with Crippen LogP contribution in [0.3, 0.4) is 0 Å². The normalized spacial score (nSPS) is 27.0. The highest BCUT2D eigenvalue weighted by atomic mass is 19.1. The minimum absolute atomic E-state index is 0.0143. The van der Waals surface area contributed by atoms with E-state index in [0.29, 0.717) is 6.54 Å². The Morgan fingerprint density at radius 2 is 2.00 bits per heavy atom. The number of ether oxygens (including phenoxy) is 1. The molecule has 1 aromatic heterocycles. The molecular weight excluding hydrogens is 347 g/mol. The SMILES string of the molecule is CC[NH+]1CC[NH+]([C@@H](c2ccc(F)cc2)c2nnnn2C[C@@H]2CCCO2)CC1. The number of aromatic nitrogens is 4. The topological polar surface area (TPSA) is 61.7 Å². The summed E-state index contributed by atoms with van der Waals surface area (Å²) in [6.07, 6.45) is 2.32. The summed E-state index contributed by atoms with van der Waals surface area (Å²) in [6.45, 7) is 9.27. The molecule has 0 radical (unpaired) electrons. The molecule has 0 aliphatic carbocycles. The van der Waals surface area contributed by atoms with Gasteiger partial charge in [0.2, 0.25) is 5.82 Å². The first kappa shape index (κ1) is 18.5. The van der Waals surface area contributed by atoms with Crippen molar-refractivity contribution in [3.63, 3.8) is 0 Å². The summed E-state index contributed by atoms with van der Waals surface area (Å²) >= 11 is 0.